The predicted octanol–water partition coefficient (Wildman–Crippen LogP) is 2.03. The van der Waals surface area contributed by atoms with Gasteiger partial charge in [-0.3, -0.25) is 4.52 Å². The molecule has 0 radical (unpaired) electrons. The van der Waals surface area contributed by atoms with Crippen LogP contribution in [0.15, 0.2) is 12.7 Å². The Kier molecular flexibility index (Phi) is 9.80. The molecule has 0 aliphatic carbocycles. The van der Waals surface area contributed by atoms with Crippen LogP contribution in [-0.4, -0.2) is 70.4 Å². The van der Waals surface area contributed by atoms with E-state index in [2.05, 4.69) is 6.58 Å². The molecule has 7 nitrogen and oxygen atoms in total. The van der Waals surface area contributed by atoms with Crippen LogP contribution in [0.5, 0.6) is 0 Å². The van der Waals surface area contributed by atoms with Gasteiger partial charge in [-0.05, 0) is 13.8 Å². The van der Waals surface area contributed by atoms with Crippen LogP contribution in [-0.2, 0) is 27.9 Å². The lowest BCUT2D eigenvalue weighted by molar-refractivity contribution is -0.870. The van der Waals surface area contributed by atoms with E-state index in [-0.39, 0.29) is 12.8 Å². The lowest BCUT2D eigenvalue weighted by Crippen LogP contribution is -2.37. The number of hydrogen-bond acceptors (Lipinski definition) is 6. The van der Waals surface area contributed by atoms with Crippen molar-refractivity contribution in [3.8, 4) is 0 Å². The molecule has 0 aliphatic rings. The van der Waals surface area contributed by atoms with Crippen molar-refractivity contribution in [3.63, 3.8) is 0 Å². The molecule has 0 N–H and O–H groups in total. The van der Waals surface area contributed by atoms with E-state index in [1.807, 2.05) is 21.1 Å². The van der Waals surface area contributed by atoms with Crippen LogP contribution in [0.2, 0.25) is 0 Å². The number of ether oxygens (including phenoxy) is 2. The molecule has 0 heterocycles. The van der Waals surface area contributed by atoms with Crippen LogP contribution >= 0.6 is 7.60 Å². The second kappa shape index (κ2) is 10.1. The Labute approximate surface area is 133 Å². The lowest BCUT2D eigenvalue weighted by atomic mass is 10.5. The predicted molar refractivity (Wildman–Crippen MR) is 84.7 cm³/mol. The summed E-state index contributed by atoms with van der Waals surface area (Å²) in [7, 11) is 2.26. The number of likely N-dealkylation sites (N-methyl/N-ethyl adjacent to an activating group) is 1. The fourth-order valence-corrected chi connectivity index (χ4v) is 2.97. The van der Waals surface area contributed by atoms with E-state index in [0.29, 0.717) is 24.2 Å². The van der Waals surface area contributed by atoms with Gasteiger partial charge in [-0.2, -0.15) is 0 Å². The fourth-order valence-electron chi connectivity index (χ4n) is 1.45. The van der Waals surface area contributed by atoms with E-state index in [1.54, 1.807) is 13.8 Å². The summed E-state index contributed by atoms with van der Waals surface area (Å²) in [5.41, 5.74) is 0. The minimum Gasteiger partial charge on any atom is -0.388 e. The maximum atomic E-state index is 12.7. The number of rotatable bonds is 12. The molecule has 0 amide bonds. The molecule has 0 aromatic heterocycles. The van der Waals surface area contributed by atoms with Gasteiger partial charge in [0.05, 0.1) is 21.1 Å². The number of nitrogens with zero attached hydrogens (tertiary/aromatic N) is 1. The molecular formula is C14H29NO6P+. The average molecular weight is 338 g/mol. The monoisotopic (exact) mass is 338 g/mol. The van der Waals surface area contributed by atoms with Gasteiger partial charge >= 0.3 is 13.6 Å². The van der Waals surface area contributed by atoms with E-state index >= 15 is 0 Å². The standard InChI is InChI=1S/C14H29NO6P/c1-7-13(16)21-22(17,20-11-10-15(4,5)6)12-14(18-8-2)19-9-3/h7,14H,1,8-12H2,2-6H3/q+1. The minimum atomic E-state index is -3.67. The number of hydrogen-bond donors (Lipinski definition) is 0. The molecule has 0 rings (SSSR count). The first-order chi connectivity index (χ1) is 10.2. The second-order valence-corrected chi connectivity index (χ2v) is 7.62. The van der Waals surface area contributed by atoms with Crippen LogP contribution in [0, 0.1) is 0 Å². The summed E-state index contributed by atoms with van der Waals surface area (Å²) in [6.45, 7) is 8.47. The first kappa shape index (κ1) is 21.3. The van der Waals surface area contributed by atoms with Gasteiger partial charge in [-0.1, -0.05) is 6.58 Å². The van der Waals surface area contributed by atoms with Crippen LogP contribution in [0.3, 0.4) is 0 Å². The van der Waals surface area contributed by atoms with Crippen LogP contribution in [0.25, 0.3) is 0 Å². The summed E-state index contributed by atoms with van der Waals surface area (Å²) in [5.74, 6) is -0.791. The van der Waals surface area contributed by atoms with Crippen LogP contribution in [0.1, 0.15) is 13.8 Å². The van der Waals surface area contributed by atoms with Crippen molar-refractivity contribution >= 4 is 13.6 Å². The van der Waals surface area contributed by atoms with Crippen molar-refractivity contribution < 1.29 is 32.4 Å². The number of quaternary nitrogens is 1. The largest absolute Gasteiger partial charge is 0.388 e. The summed E-state index contributed by atoms with van der Waals surface area (Å²) in [6.07, 6.45) is 0.0556. The normalized spacial score (nSPS) is 14.6. The zero-order chi connectivity index (χ0) is 17.2. The Morgan fingerprint density at radius 3 is 2.18 bits per heavy atom. The number of carbonyl (C=O) groups is 1. The molecule has 22 heavy (non-hydrogen) atoms. The van der Waals surface area contributed by atoms with E-state index < -0.39 is 19.9 Å². The number of carbonyl (C=O) groups excluding carboxylic acids is 1. The molecule has 0 bridgehead atoms. The van der Waals surface area contributed by atoms with Crippen molar-refractivity contribution in [2.45, 2.75) is 20.1 Å². The first-order valence-corrected chi connectivity index (χ1v) is 9.01. The third kappa shape index (κ3) is 10.1. The van der Waals surface area contributed by atoms with E-state index in [0.717, 1.165) is 6.08 Å². The van der Waals surface area contributed by atoms with Crippen molar-refractivity contribution in [2.24, 2.45) is 0 Å². The lowest BCUT2D eigenvalue weighted by Gasteiger charge is -2.26. The highest BCUT2D eigenvalue weighted by molar-refractivity contribution is 7.54. The highest BCUT2D eigenvalue weighted by Crippen LogP contribution is 2.49. The molecule has 1 unspecified atom stereocenters. The Hall–Kier alpha value is -0.720. The summed E-state index contributed by atoms with van der Waals surface area (Å²) < 4.78 is 34.4. The Morgan fingerprint density at radius 1 is 1.23 bits per heavy atom. The van der Waals surface area contributed by atoms with Gasteiger partial charge in [0.1, 0.15) is 19.3 Å². The third-order valence-electron chi connectivity index (χ3n) is 2.52. The van der Waals surface area contributed by atoms with Crippen molar-refractivity contribution in [3.05, 3.63) is 12.7 Å². The summed E-state index contributed by atoms with van der Waals surface area (Å²) in [5, 5.41) is 0. The molecule has 0 fully saturated rings. The Morgan fingerprint density at radius 2 is 1.77 bits per heavy atom. The molecule has 0 spiro atoms. The maximum absolute atomic E-state index is 12.7. The van der Waals surface area contributed by atoms with Gasteiger partial charge < -0.3 is 18.5 Å². The van der Waals surface area contributed by atoms with Gasteiger partial charge in [0, 0.05) is 19.3 Å². The summed E-state index contributed by atoms with van der Waals surface area (Å²) in [6, 6.07) is 0. The van der Waals surface area contributed by atoms with Crippen molar-refractivity contribution in [1.82, 2.24) is 0 Å². The SMILES string of the molecule is C=CC(=O)OP(=O)(CC(OCC)OCC)OCC[N+](C)(C)C. The maximum Gasteiger partial charge on any atom is 0.386 e. The van der Waals surface area contributed by atoms with E-state index in [4.69, 9.17) is 18.5 Å². The summed E-state index contributed by atoms with van der Waals surface area (Å²) >= 11 is 0. The zero-order valence-electron chi connectivity index (χ0n) is 14.2. The Bertz CT molecular complexity index is 387. The average Bonchev–Trinajstić information content (AvgIpc) is 2.37. The minimum absolute atomic E-state index is 0.147. The van der Waals surface area contributed by atoms with Crippen LogP contribution in [0.4, 0.5) is 0 Å². The molecule has 130 valence electrons. The second-order valence-electron chi connectivity index (χ2n) is 5.60. The topological polar surface area (TPSA) is 71.1 Å². The van der Waals surface area contributed by atoms with Crippen molar-refractivity contribution in [2.75, 3.05) is 53.7 Å². The molecule has 0 aliphatic heterocycles. The fraction of sp³-hybridized carbons (Fsp3) is 0.786. The highest BCUT2D eigenvalue weighted by Gasteiger charge is 2.33. The molecule has 0 saturated heterocycles. The highest BCUT2D eigenvalue weighted by atomic mass is 31.2. The van der Waals surface area contributed by atoms with Crippen molar-refractivity contribution in [1.29, 1.82) is 0 Å². The van der Waals surface area contributed by atoms with E-state index in [1.165, 1.54) is 0 Å². The van der Waals surface area contributed by atoms with Gasteiger partial charge in [0.2, 0.25) is 0 Å². The summed E-state index contributed by atoms with van der Waals surface area (Å²) in [4.78, 5) is 11.4. The molecule has 8 heteroatoms. The first-order valence-electron chi connectivity index (χ1n) is 7.29. The molecule has 1 atom stereocenters. The Balaban J connectivity index is 4.86. The molecule has 0 aromatic carbocycles. The van der Waals surface area contributed by atoms with Gasteiger partial charge in [0.15, 0.2) is 6.29 Å². The molecule has 0 saturated carbocycles. The van der Waals surface area contributed by atoms with Gasteiger partial charge in [0.25, 0.3) is 0 Å². The molecular weight excluding hydrogens is 309 g/mol. The molecule has 0 aromatic rings. The quantitative estimate of drug-likeness (QED) is 0.235. The van der Waals surface area contributed by atoms with Crippen LogP contribution < -0.4 is 0 Å². The smallest absolute Gasteiger partial charge is 0.386 e. The zero-order valence-corrected chi connectivity index (χ0v) is 15.1. The van der Waals surface area contributed by atoms with E-state index in [9.17, 15) is 9.36 Å². The third-order valence-corrected chi connectivity index (χ3v) is 4.30. The van der Waals surface area contributed by atoms with Gasteiger partial charge in [-0.25, -0.2) is 9.36 Å². The van der Waals surface area contributed by atoms with Gasteiger partial charge in [-0.15, -0.1) is 0 Å².